The quantitative estimate of drug-likeness (QED) is 0.696. The number of methoxy groups -OCH3 is 1. The minimum absolute atomic E-state index is 0.0654. The van der Waals surface area contributed by atoms with Gasteiger partial charge < -0.3 is 15.4 Å². The van der Waals surface area contributed by atoms with Crippen molar-refractivity contribution >= 4 is 40.3 Å². The second kappa shape index (κ2) is 7.27. The number of thiocarbonyl (C=S) groups is 1. The Hall–Kier alpha value is -1.99. The lowest BCUT2D eigenvalue weighted by molar-refractivity contribution is -0.137. The van der Waals surface area contributed by atoms with Crippen LogP contribution in [0.4, 0.5) is 24.5 Å². The zero-order chi connectivity index (χ0) is 17.9. The Labute approximate surface area is 147 Å². The lowest BCUT2D eigenvalue weighted by Crippen LogP contribution is -2.20. The van der Waals surface area contributed by atoms with Crippen LogP contribution in [0.15, 0.2) is 36.4 Å². The van der Waals surface area contributed by atoms with Crippen LogP contribution >= 0.6 is 23.8 Å². The summed E-state index contributed by atoms with van der Waals surface area (Å²) >= 11 is 11.1. The first kappa shape index (κ1) is 18.4. The highest BCUT2D eigenvalue weighted by atomic mass is 35.5. The number of benzene rings is 2. The maximum absolute atomic E-state index is 12.8. The summed E-state index contributed by atoms with van der Waals surface area (Å²) < 4.78 is 43.6. The monoisotopic (exact) mass is 374 g/mol. The summed E-state index contributed by atoms with van der Waals surface area (Å²) in [6, 6.07) is 8.42. The molecule has 0 saturated heterocycles. The number of hydrogen-bond donors (Lipinski definition) is 2. The van der Waals surface area contributed by atoms with Gasteiger partial charge in [0.05, 0.1) is 29.1 Å². The molecule has 0 aliphatic rings. The van der Waals surface area contributed by atoms with Crippen molar-refractivity contribution in [2.75, 3.05) is 17.7 Å². The van der Waals surface area contributed by atoms with Gasteiger partial charge in [-0.3, -0.25) is 0 Å². The highest BCUT2D eigenvalue weighted by molar-refractivity contribution is 7.80. The fraction of sp³-hybridized carbons (Fsp3) is 0.188. The summed E-state index contributed by atoms with van der Waals surface area (Å²) in [5, 5.41) is 5.79. The van der Waals surface area contributed by atoms with E-state index in [9.17, 15) is 13.2 Å². The van der Waals surface area contributed by atoms with E-state index in [4.69, 9.17) is 28.6 Å². The average Bonchev–Trinajstić information content (AvgIpc) is 2.48. The van der Waals surface area contributed by atoms with Gasteiger partial charge in [-0.25, -0.2) is 0 Å². The van der Waals surface area contributed by atoms with Gasteiger partial charge in [0.15, 0.2) is 5.11 Å². The Morgan fingerprint density at radius 2 is 1.75 bits per heavy atom. The summed E-state index contributed by atoms with van der Waals surface area (Å²) in [7, 11) is 1.51. The summed E-state index contributed by atoms with van der Waals surface area (Å²) in [5.41, 5.74) is 0.817. The van der Waals surface area contributed by atoms with Crippen LogP contribution in [0.3, 0.4) is 0 Å². The molecule has 3 nitrogen and oxygen atoms in total. The zero-order valence-electron chi connectivity index (χ0n) is 12.8. The Bertz CT molecular complexity index is 765. The van der Waals surface area contributed by atoms with Gasteiger partial charge in [-0.15, -0.1) is 0 Å². The van der Waals surface area contributed by atoms with Crippen molar-refractivity contribution in [1.82, 2.24) is 0 Å². The molecule has 0 aliphatic carbocycles. The normalized spacial score (nSPS) is 11.1. The Kier molecular flexibility index (Phi) is 5.56. The number of alkyl halides is 3. The van der Waals surface area contributed by atoms with Crippen molar-refractivity contribution in [3.8, 4) is 5.75 Å². The number of hydrogen-bond acceptors (Lipinski definition) is 2. The molecule has 0 bridgehead atoms. The lowest BCUT2D eigenvalue weighted by Gasteiger charge is -2.16. The van der Waals surface area contributed by atoms with E-state index in [1.165, 1.54) is 13.2 Å². The van der Waals surface area contributed by atoms with Crippen molar-refractivity contribution in [2.45, 2.75) is 13.1 Å². The summed E-state index contributed by atoms with van der Waals surface area (Å²) in [5.74, 6) is 0.555. The van der Waals surface area contributed by atoms with Gasteiger partial charge in [0.1, 0.15) is 5.75 Å². The third-order valence-corrected chi connectivity index (χ3v) is 3.68. The number of aryl methyl sites for hydroxylation is 1. The molecule has 0 aliphatic heterocycles. The van der Waals surface area contributed by atoms with Crippen LogP contribution in [0, 0.1) is 6.92 Å². The van der Waals surface area contributed by atoms with Gasteiger partial charge in [0, 0.05) is 0 Å². The Morgan fingerprint density at radius 3 is 2.38 bits per heavy atom. The van der Waals surface area contributed by atoms with Crippen LogP contribution in [0.25, 0.3) is 0 Å². The van der Waals surface area contributed by atoms with Crippen molar-refractivity contribution in [2.24, 2.45) is 0 Å². The molecular formula is C16H14ClF3N2OS. The van der Waals surface area contributed by atoms with Gasteiger partial charge in [0.25, 0.3) is 0 Å². The highest BCUT2D eigenvalue weighted by Gasteiger charge is 2.31. The molecule has 24 heavy (non-hydrogen) atoms. The Balaban J connectivity index is 2.20. The van der Waals surface area contributed by atoms with E-state index in [-0.39, 0.29) is 15.8 Å². The van der Waals surface area contributed by atoms with Crippen LogP contribution in [-0.2, 0) is 6.18 Å². The minimum Gasteiger partial charge on any atom is -0.495 e. The van der Waals surface area contributed by atoms with E-state index in [1.807, 2.05) is 13.0 Å². The second-order valence-corrected chi connectivity index (χ2v) is 5.79. The summed E-state index contributed by atoms with van der Waals surface area (Å²) in [4.78, 5) is 0. The first-order chi connectivity index (χ1) is 11.2. The van der Waals surface area contributed by atoms with E-state index in [0.717, 1.165) is 17.7 Å². The van der Waals surface area contributed by atoms with E-state index in [2.05, 4.69) is 10.6 Å². The third-order valence-electron chi connectivity index (χ3n) is 3.15. The predicted octanol–water partition coefficient (Wildman–Crippen LogP) is 5.48. The molecule has 0 aromatic heterocycles. The number of ether oxygens (including phenoxy) is 1. The molecule has 0 spiro atoms. The van der Waals surface area contributed by atoms with E-state index < -0.39 is 11.7 Å². The fourth-order valence-corrected chi connectivity index (χ4v) is 2.38. The van der Waals surface area contributed by atoms with E-state index in [0.29, 0.717) is 11.4 Å². The van der Waals surface area contributed by atoms with Gasteiger partial charge >= 0.3 is 6.18 Å². The molecule has 128 valence electrons. The maximum Gasteiger partial charge on any atom is 0.416 e. The lowest BCUT2D eigenvalue weighted by atomic mass is 10.2. The SMILES string of the molecule is COc1ccc(C)cc1NC(=S)Nc1cc(C(F)(F)F)ccc1Cl. The number of anilines is 2. The highest BCUT2D eigenvalue weighted by Crippen LogP contribution is 2.34. The molecule has 0 unspecified atom stereocenters. The zero-order valence-corrected chi connectivity index (χ0v) is 14.4. The second-order valence-electron chi connectivity index (χ2n) is 4.98. The molecule has 0 amide bonds. The largest absolute Gasteiger partial charge is 0.495 e. The molecule has 8 heteroatoms. The van der Waals surface area contributed by atoms with Crippen LogP contribution in [0.2, 0.25) is 5.02 Å². The first-order valence-electron chi connectivity index (χ1n) is 6.80. The maximum atomic E-state index is 12.8. The van der Waals surface area contributed by atoms with Gasteiger partial charge in [-0.1, -0.05) is 17.7 Å². The summed E-state index contributed by atoms with van der Waals surface area (Å²) in [6.07, 6.45) is -4.46. The average molecular weight is 375 g/mol. The number of halogens is 4. The molecule has 0 heterocycles. The first-order valence-corrected chi connectivity index (χ1v) is 7.58. The Morgan fingerprint density at radius 1 is 1.08 bits per heavy atom. The predicted molar refractivity (Wildman–Crippen MR) is 94.0 cm³/mol. The molecule has 2 aromatic rings. The van der Waals surface area contributed by atoms with Crippen LogP contribution in [-0.4, -0.2) is 12.2 Å². The van der Waals surface area contributed by atoms with Crippen molar-refractivity contribution in [1.29, 1.82) is 0 Å². The van der Waals surface area contributed by atoms with Crippen LogP contribution in [0.1, 0.15) is 11.1 Å². The molecule has 0 fully saturated rings. The number of nitrogens with one attached hydrogen (secondary N) is 2. The molecule has 0 radical (unpaired) electrons. The standard InChI is InChI=1S/C16H14ClF3N2OS/c1-9-3-6-14(23-2)13(7-9)22-15(24)21-12-8-10(16(18,19)20)4-5-11(12)17/h3-8H,1-2H3,(H2,21,22,24). The molecule has 0 saturated carbocycles. The van der Waals surface area contributed by atoms with E-state index in [1.54, 1.807) is 12.1 Å². The number of rotatable bonds is 3. The summed E-state index contributed by atoms with van der Waals surface area (Å²) in [6.45, 7) is 1.89. The van der Waals surface area contributed by atoms with Gasteiger partial charge in [-0.2, -0.15) is 13.2 Å². The van der Waals surface area contributed by atoms with Crippen molar-refractivity contribution in [3.63, 3.8) is 0 Å². The molecule has 0 atom stereocenters. The van der Waals surface area contributed by atoms with Crippen molar-refractivity contribution < 1.29 is 17.9 Å². The minimum atomic E-state index is -4.46. The van der Waals surface area contributed by atoms with Crippen LogP contribution in [0.5, 0.6) is 5.75 Å². The molecule has 2 aromatic carbocycles. The molecule has 2 N–H and O–H groups in total. The third kappa shape index (κ3) is 4.52. The van der Waals surface area contributed by atoms with Crippen molar-refractivity contribution in [3.05, 3.63) is 52.5 Å². The van der Waals surface area contributed by atoms with Crippen LogP contribution < -0.4 is 15.4 Å². The molecular weight excluding hydrogens is 361 g/mol. The molecule has 2 rings (SSSR count). The smallest absolute Gasteiger partial charge is 0.416 e. The topological polar surface area (TPSA) is 33.3 Å². The fourth-order valence-electron chi connectivity index (χ4n) is 1.99. The van der Waals surface area contributed by atoms with Gasteiger partial charge in [-0.05, 0) is 55.0 Å². The van der Waals surface area contributed by atoms with E-state index >= 15 is 0 Å². The van der Waals surface area contributed by atoms with Gasteiger partial charge in [0.2, 0.25) is 0 Å².